The second kappa shape index (κ2) is 12.9. The second-order valence-corrected chi connectivity index (χ2v) is 13.0. The molecule has 4 aromatic rings. The van der Waals surface area contributed by atoms with E-state index in [4.69, 9.17) is 15.0 Å². The summed E-state index contributed by atoms with van der Waals surface area (Å²) in [5.74, 6) is 6.39. The van der Waals surface area contributed by atoms with Crippen LogP contribution >= 0.6 is 11.3 Å². The Bertz CT molecular complexity index is 1740. The maximum Gasteiger partial charge on any atom is 0.357 e. The van der Waals surface area contributed by atoms with Crippen LogP contribution in [0.2, 0.25) is 0 Å². The van der Waals surface area contributed by atoms with Crippen molar-refractivity contribution in [3.8, 4) is 28.2 Å². The van der Waals surface area contributed by atoms with Crippen LogP contribution in [0.25, 0.3) is 16.4 Å². The molecule has 2 fully saturated rings. The SMILES string of the molecule is CCOC(=O)c1csc(-n2nc(-c3ccc(F)c(C#CC4CCCC4)c3)c(Cc3cccc(S(N)=O)c3)c2CC2CC2)n1. The topological polar surface area (TPSA) is 100 Å². The first-order valence-corrected chi connectivity index (χ1v) is 16.8. The third kappa shape index (κ3) is 6.80. The van der Waals surface area contributed by atoms with Crippen LogP contribution in [0.4, 0.5) is 4.39 Å². The van der Waals surface area contributed by atoms with E-state index in [9.17, 15) is 13.4 Å². The first kappa shape index (κ1) is 29.4. The maximum absolute atomic E-state index is 15.0. The molecule has 2 aliphatic carbocycles. The molecule has 0 amide bonds. The van der Waals surface area contributed by atoms with Gasteiger partial charge in [0.05, 0.1) is 28.5 Å². The van der Waals surface area contributed by atoms with E-state index in [2.05, 4.69) is 16.8 Å². The molecule has 0 bridgehead atoms. The van der Waals surface area contributed by atoms with Gasteiger partial charge in [-0.05, 0) is 80.8 Å². The molecular weight excluding hydrogens is 584 g/mol. The van der Waals surface area contributed by atoms with Gasteiger partial charge in [-0.25, -0.2) is 28.2 Å². The van der Waals surface area contributed by atoms with E-state index in [0.29, 0.717) is 39.5 Å². The van der Waals surface area contributed by atoms with E-state index in [-0.39, 0.29) is 18.1 Å². The lowest BCUT2D eigenvalue weighted by molar-refractivity contribution is 0.0520. The number of hydrogen-bond acceptors (Lipinski definition) is 6. The molecule has 10 heteroatoms. The van der Waals surface area contributed by atoms with Crippen LogP contribution in [0.3, 0.4) is 0 Å². The van der Waals surface area contributed by atoms with Crippen LogP contribution in [-0.4, -0.2) is 31.5 Å². The zero-order valence-corrected chi connectivity index (χ0v) is 25.6. The molecule has 2 saturated carbocycles. The Balaban J connectivity index is 1.48. The van der Waals surface area contributed by atoms with Gasteiger partial charge >= 0.3 is 5.97 Å². The molecule has 222 valence electrons. The highest BCUT2D eigenvalue weighted by Crippen LogP contribution is 2.38. The highest BCUT2D eigenvalue weighted by atomic mass is 32.2. The number of hydrogen-bond donors (Lipinski definition) is 1. The van der Waals surface area contributed by atoms with E-state index >= 15 is 0 Å². The summed E-state index contributed by atoms with van der Waals surface area (Å²) in [6.45, 7) is 2.02. The van der Waals surface area contributed by atoms with Gasteiger partial charge in [-0.2, -0.15) is 5.10 Å². The van der Waals surface area contributed by atoms with Crippen molar-refractivity contribution in [1.29, 1.82) is 0 Å². The van der Waals surface area contributed by atoms with Crippen LogP contribution in [0.15, 0.2) is 52.7 Å². The molecule has 1 unspecified atom stereocenters. The molecule has 43 heavy (non-hydrogen) atoms. The summed E-state index contributed by atoms with van der Waals surface area (Å²) in [5, 5.41) is 13.0. The van der Waals surface area contributed by atoms with Crippen LogP contribution in [0.5, 0.6) is 0 Å². The molecule has 2 N–H and O–H groups in total. The number of benzene rings is 2. The quantitative estimate of drug-likeness (QED) is 0.174. The van der Waals surface area contributed by atoms with Gasteiger partial charge in [0.1, 0.15) is 16.8 Å². The van der Waals surface area contributed by atoms with Crippen molar-refractivity contribution in [1.82, 2.24) is 14.8 Å². The smallest absolute Gasteiger partial charge is 0.357 e. The Labute approximate surface area is 257 Å². The Morgan fingerprint density at radius 3 is 2.74 bits per heavy atom. The van der Waals surface area contributed by atoms with Gasteiger partial charge in [-0.1, -0.05) is 36.8 Å². The summed E-state index contributed by atoms with van der Waals surface area (Å²) in [4.78, 5) is 17.6. The molecule has 2 heterocycles. The lowest BCUT2D eigenvalue weighted by Gasteiger charge is -2.10. The van der Waals surface area contributed by atoms with Crippen LogP contribution < -0.4 is 5.14 Å². The number of nitrogens with two attached hydrogens (primary N) is 1. The van der Waals surface area contributed by atoms with Crippen LogP contribution in [-0.2, 0) is 28.6 Å². The predicted molar refractivity (Wildman–Crippen MR) is 166 cm³/mol. The standard InChI is InChI=1S/C33H33FN4O3S2/c1-2-41-32(39)29-20-42-33(36-29)38-30(18-22-10-11-22)27(17-23-8-5-9-26(16-23)43(35)40)31(37-38)25-14-15-28(34)24(19-25)13-12-21-6-3-4-7-21/h5,8-9,14-16,19-22H,2-4,6-7,10-11,17-18,35H2,1H3. The van der Waals surface area contributed by atoms with Gasteiger partial charge in [-0.3, -0.25) is 0 Å². The number of nitrogens with zero attached hydrogens (tertiary/aromatic N) is 3. The van der Waals surface area contributed by atoms with Crippen molar-refractivity contribution < 1.29 is 18.1 Å². The summed E-state index contributed by atoms with van der Waals surface area (Å²) in [7, 11) is -1.61. The molecule has 2 aromatic heterocycles. The van der Waals surface area contributed by atoms with Gasteiger partial charge in [0, 0.05) is 28.8 Å². The number of rotatable bonds is 9. The highest BCUT2D eigenvalue weighted by Gasteiger charge is 2.29. The van der Waals surface area contributed by atoms with Gasteiger partial charge in [-0.15, -0.1) is 11.3 Å². The molecule has 1 atom stereocenters. The molecule has 0 radical (unpaired) electrons. The van der Waals surface area contributed by atoms with E-state index in [1.807, 2.05) is 22.9 Å². The number of ether oxygens (including phenoxy) is 1. The molecule has 2 aliphatic rings. The lowest BCUT2D eigenvalue weighted by Crippen LogP contribution is -2.08. The molecule has 0 aliphatic heterocycles. The van der Waals surface area contributed by atoms with E-state index in [1.165, 1.54) is 30.2 Å². The minimum absolute atomic E-state index is 0.238. The number of aromatic nitrogens is 3. The maximum atomic E-state index is 15.0. The van der Waals surface area contributed by atoms with Gasteiger partial charge in [0.2, 0.25) is 5.13 Å². The minimum Gasteiger partial charge on any atom is -0.461 e. The summed E-state index contributed by atoms with van der Waals surface area (Å²) >= 11 is 1.33. The molecule has 0 saturated heterocycles. The fraction of sp³-hybridized carbons (Fsp3) is 0.364. The summed E-state index contributed by atoms with van der Waals surface area (Å²) < 4.78 is 34.0. The fourth-order valence-corrected chi connectivity index (χ4v) is 6.78. The largest absolute Gasteiger partial charge is 0.461 e. The lowest BCUT2D eigenvalue weighted by atomic mass is 9.96. The molecule has 2 aromatic carbocycles. The molecule has 6 rings (SSSR count). The van der Waals surface area contributed by atoms with Gasteiger partial charge in [0.15, 0.2) is 5.69 Å². The monoisotopic (exact) mass is 616 g/mol. The number of carbonyl (C=O) groups excluding carboxylic acids is 1. The van der Waals surface area contributed by atoms with E-state index in [1.54, 1.807) is 30.5 Å². The van der Waals surface area contributed by atoms with E-state index in [0.717, 1.165) is 54.5 Å². The third-order valence-corrected chi connectivity index (χ3v) is 9.48. The summed E-state index contributed by atoms with van der Waals surface area (Å²) in [6, 6.07) is 12.4. The van der Waals surface area contributed by atoms with Crippen molar-refractivity contribution >= 4 is 28.3 Å². The highest BCUT2D eigenvalue weighted by molar-refractivity contribution is 7.82. The number of thiazole rings is 1. The van der Waals surface area contributed by atoms with E-state index < -0.39 is 17.0 Å². The van der Waals surface area contributed by atoms with Gasteiger partial charge in [0.25, 0.3) is 0 Å². The second-order valence-electron chi connectivity index (χ2n) is 11.1. The zero-order valence-electron chi connectivity index (χ0n) is 24.0. The Kier molecular flexibility index (Phi) is 8.84. The summed E-state index contributed by atoms with van der Waals surface area (Å²) in [6.07, 6.45) is 7.99. The zero-order chi connectivity index (χ0) is 29.9. The van der Waals surface area contributed by atoms with Crippen molar-refractivity contribution in [2.45, 2.75) is 63.2 Å². The number of halogens is 1. The number of esters is 1. The number of carbonyl (C=O) groups is 1. The van der Waals surface area contributed by atoms with Crippen molar-refractivity contribution in [3.63, 3.8) is 0 Å². The molecule has 0 spiro atoms. The average molecular weight is 617 g/mol. The molecule has 7 nitrogen and oxygen atoms in total. The average Bonchev–Trinajstić information content (AvgIpc) is 3.35. The van der Waals surface area contributed by atoms with Crippen molar-refractivity contribution in [3.05, 3.63) is 81.7 Å². The Morgan fingerprint density at radius 1 is 1.19 bits per heavy atom. The minimum atomic E-state index is -1.61. The van der Waals surface area contributed by atoms with Gasteiger partial charge < -0.3 is 4.74 Å². The molecular formula is C33H33FN4O3S2. The third-order valence-electron chi connectivity index (χ3n) is 7.94. The Morgan fingerprint density at radius 2 is 2.00 bits per heavy atom. The normalized spacial score (nSPS) is 15.7. The van der Waals surface area contributed by atoms with Crippen molar-refractivity contribution in [2.24, 2.45) is 17.0 Å². The van der Waals surface area contributed by atoms with Crippen molar-refractivity contribution in [2.75, 3.05) is 6.61 Å². The summed E-state index contributed by atoms with van der Waals surface area (Å²) in [5.41, 5.74) is 4.94. The fourth-order valence-electron chi connectivity index (χ4n) is 5.53. The van der Waals surface area contributed by atoms with Crippen LogP contribution in [0.1, 0.15) is 78.3 Å². The first-order valence-electron chi connectivity index (χ1n) is 14.7. The predicted octanol–water partition coefficient (Wildman–Crippen LogP) is 6.38. The Hall–Kier alpha value is -3.65. The first-order chi connectivity index (χ1) is 20.9. The van der Waals surface area contributed by atoms with Crippen LogP contribution in [0, 0.1) is 29.5 Å².